The van der Waals surface area contributed by atoms with E-state index in [0.29, 0.717) is 17.5 Å². The van der Waals surface area contributed by atoms with E-state index in [9.17, 15) is 8.78 Å². The van der Waals surface area contributed by atoms with Crippen LogP contribution in [0.25, 0.3) is 0 Å². The fourth-order valence-electron chi connectivity index (χ4n) is 1.58. The van der Waals surface area contributed by atoms with E-state index in [1.807, 2.05) is 0 Å². The summed E-state index contributed by atoms with van der Waals surface area (Å²) in [5.41, 5.74) is 0.840. The Morgan fingerprint density at radius 2 is 1.88 bits per heavy atom. The Bertz CT molecular complexity index is 337. The Labute approximate surface area is 95.9 Å². The number of halogens is 2. The summed E-state index contributed by atoms with van der Waals surface area (Å²) in [4.78, 5) is 0. The zero-order chi connectivity index (χ0) is 12.0. The Balaban J connectivity index is 2.45. The lowest BCUT2D eigenvalue weighted by atomic mass is 10.1. The van der Waals surface area contributed by atoms with Crippen LogP contribution in [0.5, 0.6) is 0 Å². The van der Waals surface area contributed by atoms with Crippen LogP contribution in [0.15, 0.2) is 12.1 Å². The van der Waals surface area contributed by atoms with Gasteiger partial charge in [0.2, 0.25) is 0 Å². The monoisotopic (exact) mass is 227 g/mol. The Morgan fingerprint density at radius 1 is 1.12 bits per heavy atom. The molecular formula is C13H19F2N. The molecule has 0 saturated heterocycles. The van der Waals surface area contributed by atoms with Crippen LogP contribution in [-0.2, 0) is 6.42 Å². The first-order chi connectivity index (χ1) is 7.66. The summed E-state index contributed by atoms with van der Waals surface area (Å²) in [5.74, 6) is -1.39. The normalized spacial score (nSPS) is 10.8. The third-order valence-electron chi connectivity index (χ3n) is 2.58. The lowest BCUT2D eigenvalue weighted by molar-refractivity contribution is 0.491. The van der Waals surface area contributed by atoms with Crippen molar-refractivity contribution < 1.29 is 8.78 Å². The number of rotatable bonds is 6. The first kappa shape index (κ1) is 13.1. The molecule has 3 heteroatoms. The number of nitrogens with one attached hydrogen (secondary N) is 1. The van der Waals surface area contributed by atoms with Crippen LogP contribution < -0.4 is 5.32 Å². The van der Waals surface area contributed by atoms with E-state index < -0.39 is 11.6 Å². The van der Waals surface area contributed by atoms with Crippen LogP contribution >= 0.6 is 0 Å². The average Bonchev–Trinajstić information content (AvgIpc) is 2.28. The van der Waals surface area contributed by atoms with Gasteiger partial charge in [-0.25, -0.2) is 8.78 Å². The summed E-state index contributed by atoms with van der Waals surface area (Å²) < 4.78 is 26.7. The van der Waals surface area contributed by atoms with Crippen molar-refractivity contribution >= 4 is 0 Å². The number of benzene rings is 1. The van der Waals surface area contributed by atoms with Gasteiger partial charge in [-0.15, -0.1) is 0 Å². The number of hydrogen-bond acceptors (Lipinski definition) is 1. The van der Waals surface area contributed by atoms with Gasteiger partial charge < -0.3 is 5.32 Å². The van der Waals surface area contributed by atoms with Gasteiger partial charge in [0.1, 0.15) is 0 Å². The van der Waals surface area contributed by atoms with Gasteiger partial charge in [-0.2, -0.15) is 0 Å². The van der Waals surface area contributed by atoms with Gasteiger partial charge >= 0.3 is 0 Å². The molecule has 0 radical (unpaired) electrons. The minimum absolute atomic E-state index is 0.366. The van der Waals surface area contributed by atoms with Gasteiger partial charge in [0.05, 0.1) is 0 Å². The smallest absolute Gasteiger partial charge is 0.162 e. The molecule has 0 aliphatic carbocycles. The summed E-state index contributed by atoms with van der Waals surface area (Å²) in [6.07, 6.45) is 2.51. The van der Waals surface area contributed by atoms with E-state index in [-0.39, 0.29) is 0 Å². The van der Waals surface area contributed by atoms with Gasteiger partial charge in [-0.1, -0.05) is 19.1 Å². The quantitative estimate of drug-likeness (QED) is 0.736. The van der Waals surface area contributed by atoms with Crippen molar-refractivity contribution in [2.24, 2.45) is 0 Å². The third-order valence-corrected chi connectivity index (χ3v) is 2.58. The average molecular weight is 227 g/mol. The molecule has 1 aromatic carbocycles. The summed E-state index contributed by atoms with van der Waals surface area (Å²) in [6.45, 7) is 5.50. The van der Waals surface area contributed by atoms with Gasteiger partial charge in [-0.3, -0.25) is 0 Å². The second kappa shape index (κ2) is 6.59. The first-order valence-corrected chi connectivity index (χ1v) is 5.81. The lowest BCUT2D eigenvalue weighted by Crippen LogP contribution is -2.16. The first-order valence-electron chi connectivity index (χ1n) is 5.81. The molecule has 0 amide bonds. The molecule has 1 nitrogen and oxygen atoms in total. The van der Waals surface area contributed by atoms with Gasteiger partial charge in [0.25, 0.3) is 0 Å². The molecular weight excluding hydrogens is 208 g/mol. The van der Waals surface area contributed by atoms with Crippen LogP contribution in [-0.4, -0.2) is 13.1 Å². The molecule has 1 aromatic rings. The van der Waals surface area contributed by atoms with Crippen LogP contribution in [0.4, 0.5) is 8.78 Å². The Hall–Kier alpha value is -0.960. The van der Waals surface area contributed by atoms with Crippen molar-refractivity contribution in [3.63, 3.8) is 0 Å². The molecule has 0 atom stereocenters. The molecule has 1 rings (SSSR count). The van der Waals surface area contributed by atoms with Crippen LogP contribution in [0, 0.1) is 18.6 Å². The summed E-state index contributed by atoms with van der Waals surface area (Å²) >= 11 is 0. The molecule has 0 saturated carbocycles. The fraction of sp³-hybridized carbons (Fsp3) is 0.538. The molecule has 0 heterocycles. The van der Waals surface area contributed by atoms with Gasteiger partial charge in [0.15, 0.2) is 11.6 Å². The molecule has 90 valence electrons. The maximum atomic E-state index is 13.4. The second-order valence-corrected chi connectivity index (χ2v) is 4.02. The second-order valence-electron chi connectivity index (χ2n) is 4.02. The van der Waals surface area contributed by atoms with Crippen LogP contribution in [0.1, 0.15) is 30.9 Å². The predicted molar refractivity (Wildman–Crippen MR) is 62.6 cm³/mol. The van der Waals surface area contributed by atoms with Gasteiger partial charge in [0, 0.05) is 0 Å². The van der Waals surface area contributed by atoms with Crippen LogP contribution in [0.2, 0.25) is 0 Å². The zero-order valence-corrected chi connectivity index (χ0v) is 9.95. The Morgan fingerprint density at radius 3 is 2.56 bits per heavy atom. The van der Waals surface area contributed by atoms with E-state index in [2.05, 4.69) is 12.2 Å². The van der Waals surface area contributed by atoms with E-state index in [0.717, 1.165) is 25.9 Å². The standard InChI is InChI=1S/C13H19F2N/c1-3-8-16-9-4-5-11-7-6-10(2)12(14)13(11)15/h6-7,16H,3-5,8-9H2,1-2H3. The van der Waals surface area contributed by atoms with Crippen molar-refractivity contribution in [3.05, 3.63) is 34.9 Å². The zero-order valence-electron chi connectivity index (χ0n) is 9.95. The SMILES string of the molecule is CCCNCCCc1ccc(C)c(F)c1F. The largest absolute Gasteiger partial charge is 0.317 e. The van der Waals surface area contributed by atoms with Crippen molar-refractivity contribution in [3.8, 4) is 0 Å². The highest BCUT2D eigenvalue weighted by Gasteiger charge is 2.09. The highest BCUT2D eigenvalue weighted by Crippen LogP contribution is 2.16. The van der Waals surface area contributed by atoms with Crippen molar-refractivity contribution in [2.45, 2.75) is 33.1 Å². The molecule has 0 spiro atoms. The molecule has 0 aromatic heterocycles. The van der Waals surface area contributed by atoms with E-state index in [4.69, 9.17) is 0 Å². The minimum Gasteiger partial charge on any atom is -0.317 e. The van der Waals surface area contributed by atoms with Crippen molar-refractivity contribution in [2.75, 3.05) is 13.1 Å². The van der Waals surface area contributed by atoms with E-state index in [1.54, 1.807) is 19.1 Å². The molecule has 1 N–H and O–H groups in total. The molecule has 0 fully saturated rings. The summed E-state index contributed by atoms with van der Waals surface area (Å²) in [7, 11) is 0. The molecule has 0 bridgehead atoms. The highest BCUT2D eigenvalue weighted by molar-refractivity contribution is 5.25. The fourth-order valence-corrected chi connectivity index (χ4v) is 1.58. The number of hydrogen-bond donors (Lipinski definition) is 1. The molecule has 0 aliphatic rings. The summed E-state index contributed by atoms with van der Waals surface area (Å²) in [5, 5.41) is 3.23. The molecule has 0 unspecified atom stereocenters. The van der Waals surface area contributed by atoms with Crippen molar-refractivity contribution in [1.29, 1.82) is 0 Å². The Kier molecular flexibility index (Phi) is 5.39. The highest BCUT2D eigenvalue weighted by atomic mass is 19.2. The lowest BCUT2D eigenvalue weighted by Gasteiger charge is -2.06. The minimum atomic E-state index is -0.709. The maximum absolute atomic E-state index is 13.4. The topological polar surface area (TPSA) is 12.0 Å². The van der Waals surface area contributed by atoms with Crippen LogP contribution in [0.3, 0.4) is 0 Å². The van der Waals surface area contributed by atoms with E-state index >= 15 is 0 Å². The molecule has 0 aliphatic heterocycles. The summed E-state index contributed by atoms with van der Waals surface area (Å²) in [6, 6.07) is 3.31. The van der Waals surface area contributed by atoms with E-state index in [1.165, 1.54) is 0 Å². The maximum Gasteiger partial charge on any atom is 0.162 e. The number of aryl methyl sites for hydroxylation is 2. The third kappa shape index (κ3) is 3.56. The molecule has 16 heavy (non-hydrogen) atoms. The van der Waals surface area contributed by atoms with Gasteiger partial charge in [-0.05, 0) is 50.4 Å². The predicted octanol–water partition coefficient (Wildman–Crippen LogP) is 3.21. The van der Waals surface area contributed by atoms with Crippen molar-refractivity contribution in [1.82, 2.24) is 5.32 Å².